The fraction of sp³-hybridized carbons (Fsp3) is 0.611. The Morgan fingerprint density at radius 3 is 2.58 bits per heavy atom. The summed E-state index contributed by atoms with van der Waals surface area (Å²) >= 11 is 0. The summed E-state index contributed by atoms with van der Waals surface area (Å²) in [7, 11) is 1.95. The average molecular weight is 330 g/mol. The van der Waals surface area contributed by atoms with Crippen molar-refractivity contribution < 1.29 is 9.32 Å². The van der Waals surface area contributed by atoms with E-state index in [9.17, 15) is 4.79 Å². The summed E-state index contributed by atoms with van der Waals surface area (Å²) in [6.45, 7) is 8.77. The first kappa shape index (κ1) is 16.7. The monoisotopic (exact) mass is 330 g/mol. The first-order valence-corrected chi connectivity index (χ1v) is 8.61. The lowest BCUT2D eigenvalue weighted by molar-refractivity contribution is -0.132. The maximum absolute atomic E-state index is 12.8. The predicted octanol–water partition coefficient (Wildman–Crippen LogP) is 2.94. The summed E-state index contributed by atoms with van der Waals surface area (Å²) in [5.41, 5.74) is 5.35. The van der Waals surface area contributed by atoms with Gasteiger partial charge in [-0.15, -0.1) is 0 Å². The molecule has 0 spiro atoms. The molecule has 1 aliphatic rings. The molecular weight excluding hydrogens is 304 g/mol. The Morgan fingerprint density at radius 1 is 1.25 bits per heavy atom. The molecule has 1 atom stereocenters. The van der Waals surface area contributed by atoms with Crippen molar-refractivity contribution >= 4 is 5.91 Å². The van der Waals surface area contributed by atoms with Crippen LogP contribution in [0.2, 0.25) is 0 Å². The first-order valence-electron chi connectivity index (χ1n) is 8.61. The number of aryl methyl sites for hydroxylation is 4. The predicted molar refractivity (Wildman–Crippen MR) is 90.7 cm³/mol. The van der Waals surface area contributed by atoms with Crippen molar-refractivity contribution in [3.05, 3.63) is 34.0 Å². The number of amides is 1. The van der Waals surface area contributed by atoms with Gasteiger partial charge in [0, 0.05) is 31.3 Å². The Hall–Kier alpha value is -2.11. The maximum Gasteiger partial charge on any atom is 0.223 e. The molecule has 3 rings (SSSR count). The molecule has 0 aliphatic carbocycles. The minimum Gasteiger partial charge on any atom is -0.361 e. The topological polar surface area (TPSA) is 64.2 Å². The molecule has 1 amide bonds. The van der Waals surface area contributed by atoms with Crippen molar-refractivity contribution in [1.82, 2.24) is 19.8 Å². The van der Waals surface area contributed by atoms with Crippen LogP contribution in [0, 0.1) is 27.7 Å². The summed E-state index contributed by atoms with van der Waals surface area (Å²) in [5.74, 6) is 1.04. The Balaban J connectivity index is 1.72. The Morgan fingerprint density at radius 2 is 2.00 bits per heavy atom. The van der Waals surface area contributed by atoms with Gasteiger partial charge in [-0.2, -0.15) is 5.10 Å². The van der Waals surface area contributed by atoms with Gasteiger partial charge in [-0.25, -0.2) is 0 Å². The van der Waals surface area contributed by atoms with E-state index in [2.05, 4.69) is 17.2 Å². The molecule has 6 nitrogen and oxygen atoms in total. The Kier molecular flexibility index (Phi) is 4.47. The van der Waals surface area contributed by atoms with E-state index >= 15 is 0 Å². The van der Waals surface area contributed by atoms with Crippen LogP contribution in [0.1, 0.15) is 59.3 Å². The summed E-state index contributed by atoms with van der Waals surface area (Å²) < 4.78 is 7.19. The highest BCUT2D eigenvalue weighted by atomic mass is 16.5. The first-order chi connectivity index (χ1) is 11.4. The van der Waals surface area contributed by atoms with E-state index < -0.39 is 0 Å². The lowest BCUT2D eigenvalue weighted by Crippen LogP contribution is -2.31. The van der Waals surface area contributed by atoms with Gasteiger partial charge in [0.25, 0.3) is 0 Å². The largest absolute Gasteiger partial charge is 0.361 e. The van der Waals surface area contributed by atoms with Gasteiger partial charge in [0.05, 0.1) is 17.4 Å². The van der Waals surface area contributed by atoms with E-state index in [-0.39, 0.29) is 11.9 Å². The van der Waals surface area contributed by atoms with Gasteiger partial charge in [0.2, 0.25) is 5.91 Å². The lowest BCUT2D eigenvalue weighted by Gasteiger charge is -2.25. The van der Waals surface area contributed by atoms with Crippen molar-refractivity contribution in [2.45, 2.75) is 59.4 Å². The summed E-state index contributed by atoms with van der Waals surface area (Å²) in [5, 5.41) is 8.49. The molecule has 24 heavy (non-hydrogen) atoms. The van der Waals surface area contributed by atoms with Gasteiger partial charge in [0.15, 0.2) is 0 Å². The number of hydrogen-bond acceptors (Lipinski definition) is 4. The van der Waals surface area contributed by atoms with E-state index in [4.69, 9.17) is 4.52 Å². The van der Waals surface area contributed by atoms with E-state index in [0.717, 1.165) is 54.2 Å². The molecule has 0 radical (unpaired) electrons. The zero-order valence-electron chi connectivity index (χ0n) is 15.2. The van der Waals surface area contributed by atoms with E-state index in [1.165, 1.54) is 5.56 Å². The third-order valence-electron chi connectivity index (χ3n) is 5.24. The number of hydrogen-bond donors (Lipinski definition) is 0. The minimum absolute atomic E-state index is 0.111. The smallest absolute Gasteiger partial charge is 0.223 e. The van der Waals surface area contributed by atoms with E-state index in [1.807, 2.05) is 37.4 Å². The molecule has 1 aliphatic heterocycles. The van der Waals surface area contributed by atoms with Gasteiger partial charge < -0.3 is 9.42 Å². The van der Waals surface area contributed by atoms with Crippen LogP contribution in [0.3, 0.4) is 0 Å². The number of carbonyl (C=O) groups excluding carboxylic acids is 1. The second-order valence-corrected chi connectivity index (χ2v) is 6.76. The van der Waals surface area contributed by atoms with Gasteiger partial charge in [-0.1, -0.05) is 5.16 Å². The Bertz CT molecular complexity index is 740. The highest BCUT2D eigenvalue weighted by molar-refractivity contribution is 5.77. The molecular formula is C18H26N4O2. The highest BCUT2D eigenvalue weighted by Crippen LogP contribution is 2.36. The van der Waals surface area contributed by atoms with Crippen molar-refractivity contribution in [2.24, 2.45) is 7.05 Å². The molecule has 130 valence electrons. The minimum atomic E-state index is 0.111. The summed E-state index contributed by atoms with van der Waals surface area (Å²) in [6, 6.07) is 0.111. The fourth-order valence-electron chi connectivity index (χ4n) is 3.89. The molecule has 1 saturated heterocycles. The number of likely N-dealkylation sites (tertiary alicyclic amines) is 1. The molecule has 3 heterocycles. The zero-order valence-corrected chi connectivity index (χ0v) is 15.2. The average Bonchev–Trinajstić information content (AvgIpc) is 3.18. The fourth-order valence-corrected chi connectivity index (χ4v) is 3.89. The van der Waals surface area contributed by atoms with Crippen molar-refractivity contribution in [1.29, 1.82) is 0 Å². The quantitative estimate of drug-likeness (QED) is 0.864. The molecule has 0 N–H and O–H groups in total. The number of nitrogens with zero attached hydrogens (tertiary/aromatic N) is 4. The van der Waals surface area contributed by atoms with Crippen LogP contribution in [0.5, 0.6) is 0 Å². The van der Waals surface area contributed by atoms with Crippen molar-refractivity contribution in [2.75, 3.05) is 6.54 Å². The SMILES string of the molecule is Cc1nn(C)c(C)c1CCC(=O)N1CCC[C@H]1c1c(C)noc1C. The zero-order chi connectivity index (χ0) is 17.4. The lowest BCUT2D eigenvalue weighted by atomic mass is 10.0. The van der Waals surface area contributed by atoms with Gasteiger partial charge >= 0.3 is 0 Å². The summed E-state index contributed by atoms with van der Waals surface area (Å²) in [6.07, 6.45) is 3.29. The number of rotatable bonds is 4. The van der Waals surface area contributed by atoms with Crippen molar-refractivity contribution in [3.63, 3.8) is 0 Å². The van der Waals surface area contributed by atoms with Crippen LogP contribution in [0.15, 0.2) is 4.52 Å². The van der Waals surface area contributed by atoms with Crippen LogP contribution < -0.4 is 0 Å². The number of aromatic nitrogens is 3. The molecule has 6 heteroatoms. The molecule has 1 fully saturated rings. The molecule has 0 bridgehead atoms. The van der Waals surface area contributed by atoms with Crippen LogP contribution >= 0.6 is 0 Å². The third-order valence-corrected chi connectivity index (χ3v) is 5.24. The van der Waals surface area contributed by atoms with Crippen molar-refractivity contribution in [3.8, 4) is 0 Å². The summed E-state index contributed by atoms with van der Waals surface area (Å²) in [4.78, 5) is 14.8. The highest BCUT2D eigenvalue weighted by Gasteiger charge is 2.33. The molecule has 0 saturated carbocycles. The second-order valence-electron chi connectivity index (χ2n) is 6.76. The molecule has 2 aromatic heterocycles. The maximum atomic E-state index is 12.8. The van der Waals surface area contributed by atoms with E-state index in [1.54, 1.807) is 0 Å². The van der Waals surface area contributed by atoms with Gasteiger partial charge in [-0.3, -0.25) is 9.48 Å². The molecule has 0 unspecified atom stereocenters. The van der Waals surface area contributed by atoms with Crippen LogP contribution in [0.4, 0.5) is 0 Å². The second kappa shape index (κ2) is 6.42. The van der Waals surface area contributed by atoms with Gasteiger partial charge in [0.1, 0.15) is 5.76 Å². The van der Waals surface area contributed by atoms with Gasteiger partial charge in [-0.05, 0) is 52.5 Å². The Labute approximate surface area is 142 Å². The molecule has 0 aromatic carbocycles. The van der Waals surface area contributed by atoms with Crippen LogP contribution in [-0.4, -0.2) is 32.3 Å². The van der Waals surface area contributed by atoms with E-state index in [0.29, 0.717) is 6.42 Å². The normalized spacial score (nSPS) is 17.7. The third kappa shape index (κ3) is 2.85. The van der Waals surface area contributed by atoms with Crippen LogP contribution in [-0.2, 0) is 18.3 Å². The standard InChI is InChI=1S/C18H26N4O2/c1-11-15(13(3)21(5)19-11)8-9-17(23)22-10-6-7-16(22)18-12(2)20-24-14(18)4/h16H,6-10H2,1-5H3/t16-/m0/s1. The number of carbonyl (C=O) groups is 1. The van der Waals surface area contributed by atoms with Crippen LogP contribution in [0.25, 0.3) is 0 Å². The molecule has 2 aromatic rings.